The number of nitrogens with zero attached hydrogens (tertiary/aromatic N) is 2. The number of halogens is 3. The summed E-state index contributed by atoms with van der Waals surface area (Å²) >= 11 is 0. The lowest BCUT2D eigenvalue weighted by molar-refractivity contribution is 0.258. The number of hydrogen-bond donors (Lipinski definition) is 1. The van der Waals surface area contributed by atoms with Gasteiger partial charge in [-0.3, -0.25) is 4.98 Å². The van der Waals surface area contributed by atoms with Crippen molar-refractivity contribution in [1.82, 2.24) is 15.3 Å². The summed E-state index contributed by atoms with van der Waals surface area (Å²) < 4.78 is 19.5. The molecule has 0 amide bonds. The predicted octanol–water partition coefficient (Wildman–Crippen LogP) is 3.26. The fraction of sp³-hybridized carbons (Fsp3) is 0.333. The molecule has 22 heavy (non-hydrogen) atoms. The highest BCUT2D eigenvalue weighted by atomic mass is 35.5. The Bertz CT molecular complexity index is 609. The van der Waals surface area contributed by atoms with Gasteiger partial charge in [-0.05, 0) is 43.7 Å². The van der Waals surface area contributed by atoms with Crippen molar-refractivity contribution in [3.05, 3.63) is 42.7 Å². The molecule has 1 N–H and O–H groups in total. The van der Waals surface area contributed by atoms with E-state index in [0.717, 1.165) is 18.4 Å². The minimum Gasteiger partial charge on any atom is -0.490 e. The highest BCUT2D eigenvalue weighted by Crippen LogP contribution is 2.35. The lowest BCUT2D eigenvalue weighted by Crippen LogP contribution is -2.33. The molecule has 3 rings (SSSR count). The van der Waals surface area contributed by atoms with Crippen molar-refractivity contribution in [3.8, 4) is 16.9 Å². The molecule has 2 heterocycles. The summed E-state index contributed by atoms with van der Waals surface area (Å²) in [5.41, 5.74) is 1.26. The normalized spacial score (nSPS) is 14.5. The molecule has 4 nitrogen and oxygen atoms in total. The van der Waals surface area contributed by atoms with Crippen LogP contribution in [0.15, 0.2) is 36.8 Å². The standard InChI is InChI=1S/C15H16FN3O.2ClH/c1-17-15(4-5-15)10-20-12-8-13(14(16)19-9-12)11-2-6-18-7-3-11;;/h2-3,6-9,17H,4-5,10H2,1H3;2*1H. The predicted molar refractivity (Wildman–Crippen MR) is 88.4 cm³/mol. The highest BCUT2D eigenvalue weighted by molar-refractivity contribution is 5.85. The number of pyridine rings is 2. The van der Waals surface area contributed by atoms with Crippen LogP contribution in [0.2, 0.25) is 0 Å². The summed E-state index contributed by atoms with van der Waals surface area (Å²) in [5.74, 6) is 0.0815. The molecule has 0 saturated heterocycles. The molecule has 2 aromatic rings. The SMILES string of the molecule is CNC1(COc2cnc(F)c(-c3ccncc3)c2)CC1.Cl.Cl. The van der Waals surface area contributed by atoms with E-state index in [1.54, 1.807) is 30.6 Å². The number of nitrogens with one attached hydrogen (secondary N) is 1. The molecule has 0 aromatic carbocycles. The Balaban J connectivity index is 0.00000121. The van der Waals surface area contributed by atoms with E-state index in [1.165, 1.54) is 6.20 Å². The quantitative estimate of drug-likeness (QED) is 0.845. The third kappa shape index (κ3) is 4.06. The van der Waals surface area contributed by atoms with Gasteiger partial charge in [-0.2, -0.15) is 4.39 Å². The number of likely N-dealkylation sites (N-methyl/N-ethyl adjacent to an activating group) is 1. The van der Waals surface area contributed by atoms with E-state index < -0.39 is 5.95 Å². The zero-order valence-corrected chi connectivity index (χ0v) is 13.7. The molecule has 0 bridgehead atoms. The molecule has 0 unspecified atom stereocenters. The van der Waals surface area contributed by atoms with Gasteiger partial charge >= 0.3 is 0 Å². The lowest BCUT2D eigenvalue weighted by atomic mass is 10.1. The maximum atomic E-state index is 13.8. The molecule has 2 aromatic heterocycles. The minimum absolute atomic E-state index is 0. The summed E-state index contributed by atoms with van der Waals surface area (Å²) in [6, 6.07) is 5.18. The van der Waals surface area contributed by atoms with Crippen molar-refractivity contribution in [3.63, 3.8) is 0 Å². The maximum absolute atomic E-state index is 13.8. The molecule has 1 aliphatic rings. The number of rotatable bonds is 5. The van der Waals surface area contributed by atoms with Crippen molar-refractivity contribution in [2.45, 2.75) is 18.4 Å². The van der Waals surface area contributed by atoms with Crippen LogP contribution in [0.4, 0.5) is 4.39 Å². The van der Waals surface area contributed by atoms with Crippen LogP contribution in [0, 0.1) is 5.95 Å². The Kier molecular flexibility index (Phi) is 6.53. The monoisotopic (exact) mass is 345 g/mol. The van der Waals surface area contributed by atoms with Gasteiger partial charge in [0.2, 0.25) is 5.95 Å². The number of hydrogen-bond acceptors (Lipinski definition) is 4. The Hall–Kier alpha value is -1.43. The molecule has 0 aliphatic heterocycles. The number of ether oxygens (including phenoxy) is 1. The Morgan fingerprint density at radius 1 is 1.27 bits per heavy atom. The molecule has 0 atom stereocenters. The van der Waals surface area contributed by atoms with E-state index in [4.69, 9.17) is 4.74 Å². The van der Waals surface area contributed by atoms with Crippen molar-refractivity contribution < 1.29 is 9.13 Å². The second-order valence-electron chi connectivity index (χ2n) is 5.06. The van der Waals surface area contributed by atoms with Crippen LogP contribution >= 0.6 is 24.8 Å². The van der Waals surface area contributed by atoms with Crippen LogP contribution in [0.5, 0.6) is 5.75 Å². The zero-order valence-electron chi connectivity index (χ0n) is 12.1. The molecule has 0 spiro atoms. The minimum atomic E-state index is -0.502. The summed E-state index contributed by atoms with van der Waals surface area (Å²) in [6.45, 7) is 0.576. The van der Waals surface area contributed by atoms with Gasteiger partial charge in [0, 0.05) is 18.0 Å². The van der Waals surface area contributed by atoms with E-state index in [-0.39, 0.29) is 30.4 Å². The first-order chi connectivity index (χ1) is 9.72. The lowest BCUT2D eigenvalue weighted by Gasteiger charge is -2.15. The largest absolute Gasteiger partial charge is 0.490 e. The second-order valence-corrected chi connectivity index (χ2v) is 5.06. The fourth-order valence-corrected chi connectivity index (χ4v) is 2.08. The second kappa shape index (κ2) is 7.72. The van der Waals surface area contributed by atoms with Gasteiger partial charge in [-0.1, -0.05) is 0 Å². The topological polar surface area (TPSA) is 47.0 Å². The van der Waals surface area contributed by atoms with Gasteiger partial charge in [0.25, 0.3) is 0 Å². The molecule has 7 heteroatoms. The molecule has 1 fully saturated rings. The van der Waals surface area contributed by atoms with Gasteiger partial charge in [0.1, 0.15) is 12.4 Å². The van der Waals surface area contributed by atoms with Gasteiger partial charge in [0.05, 0.1) is 11.7 Å². The molecular weight excluding hydrogens is 328 g/mol. The molecule has 0 radical (unpaired) electrons. The van der Waals surface area contributed by atoms with E-state index in [9.17, 15) is 4.39 Å². The molecular formula is C15H18Cl2FN3O. The Morgan fingerprint density at radius 3 is 2.55 bits per heavy atom. The summed E-state index contributed by atoms with van der Waals surface area (Å²) in [5, 5.41) is 3.25. The summed E-state index contributed by atoms with van der Waals surface area (Å²) in [6.07, 6.45) is 6.89. The first-order valence-corrected chi connectivity index (χ1v) is 6.60. The maximum Gasteiger partial charge on any atom is 0.220 e. The van der Waals surface area contributed by atoms with E-state index in [0.29, 0.717) is 17.9 Å². The first kappa shape index (κ1) is 18.6. The van der Waals surface area contributed by atoms with Crippen LogP contribution in [0.25, 0.3) is 11.1 Å². The van der Waals surface area contributed by atoms with Crippen LogP contribution in [-0.2, 0) is 0 Å². The zero-order chi connectivity index (χ0) is 14.0. The summed E-state index contributed by atoms with van der Waals surface area (Å²) in [4.78, 5) is 7.70. The van der Waals surface area contributed by atoms with Crippen LogP contribution in [0.3, 0.4) is 0 Å². The van der Waals surface area contributed by atoms with Gasteiger partial charge < -0.3 is 10.1 Å². The van der Waals surface area contributed by atoms with Gasteiger partial charge in [-0.25, -0.2) is 4.98 Å². The molecule has 1 saturated carbocycles. The van der Waals surface area contributed by atoms with Gasteiger partial charge in [-0.15, -0.1) is 24.8 Å². The van der Waals surface area contributed by atoms with Gasteiger partial charge in [0.15, 0.2) is 0 Å². The smallest absolute Gasteiger partial charge is 0.220 e. The van der Waals surface area contributed by atoms with Crippen molar-refractivity contribution >= 4 is 24.8 Å². The number of aromatic nitrogens is 2. The van der Waals surface area contributed by atoms with Crippen LogP contribution in [0.1, 0.15) is 12.8 Å². The van der Waals surface area contributed by atoms with Crippen molar-refractivity contribution in [2.24, 2.45) is 0 Å². The third-order valence-corrected chi connectivity index (χ3v) is 3.70. The third-order valence-electron chi connectivity index (χ3n) is 3.70. The van der Waals surface area contributed by atoms with Crippen LogP contribution in [-0.4, -0.2) is 29.2 Å². The summed E-state index contributed by atoms with van der Waals surface area (Å²) in [7, 11) is 1.93. The fourth-order valence-electron chi connectivity index (χ4n) is 2.08. The Morgan fingerprint density at radius 2 is 1.95 bits per heavy atom. The average molecular weight is 346 g/mol. The molecule has 120 valence electrons. The van der Waals surface area contributed by atoms with Crippen LogP contribution < -0.4 is 10.1 Å². The Labute approximate surface area is 141 Å². The van der Waals surface area contributed by atoms with Crippen molar-refractivity contribution in [2.75, 3.05) is 13.7 Å². The van der Waals surface area contributed by atoms with E-state index >= 15 is 0 Å². The highest BCUT2D eigenvalue weighted by Gasteiger charge is 2.41. The van der Waals surface area contributed by atoms with E-state index in [1.807, 2.05) is 7.05 Å². The molecule has 1 aliphatic carbocycles. The van der Waals surface area contributed by atoms with Crippen molar-refractivity contribution in [1.29, 1.82) is 0 Å². The average Bonchev–Trinajstić information content (AvgIpc) is 3.28. The first-order valence-electron chi connectivity index (χ1n) is 6.60. The van der Waals surface area contributed by atoms with E-state index in [2.05, 4.69) is 15.3 Å².